The van der Waals surface area contributed by atoms with Crippen LogP contribution >= 0.6 is 0 Å². The number of benzene rings is 2. The number of hydrogen-bond donors (Lipinski definition) is 3. The number of amides is 2. The summed E-state index contributed by atoms with van der Waals surface area (Å²) in [4.78, 5) is 24.6. The lowest BCUT2D eigenvalue weighted by molar-refractivity contribution is -0.114. The summed E-state index contributed by atoms with van der Waals surface area (Å²) in [7, 11) is 0. The van der Waals surface area contributed by atoms with Gasteiger partial charge in [0.2, 0.25) is 5.91 Å². The number of ether oxygens (including phenoxy) is 3. The van der Waals surface area contributed by atoms with Crippen LogP contribution in [0.4, 0.5) is 11.4 Å². The van der Waals surface area contributed by atoms with Crippen molar-refractivity contribution in [2.45, 2.75) is 37.9 Å². The molecule has 33 heavy (non-hydrogen) atoms. The van der Waals surface area contributed by atoms with Crippen LogP contribution in [0.1, 0.15) is 36.0 Å². The van der Waals surface area contributed by atoms with E-state index in [-0.39, 0.29) is 30.6 Å². The van der Waals surface area contributed by atoms with Gasteiger partial charge in [-0.15, -0.1) is 0 Å². The van der Waals surface area contributed by atoms with Crippen molar-refractivity contribution in [1.82, 2.24) is 5.32 Å². The van der Waals surface area contributed by atoms with E-state index in [1.54, 1.807) is 30.3 Å². The number of hydrogen-bond acceptors (Lipinski definition) is 6. The van der Waals surface area contributed by atoms with Gasteiger partial charge in [0.15, 0.2) is 0 Å². The largest absolute Gasteiger partial charge is 0.491 e. The molecule has 3 N–H and O–H groups in total. The van der Waals surface area contributed by atoms with Crippen LogP contribution in [0, 0.1) is 0 Å². The number of carbonyl (C=O) groups is 2. The van der Waals surface area contributed by atoms with Crippen LogP contribution in [0.25, 0.3) is 0 Å². The highest BCUT2D eigenvalue weighted by Gasteiger charge is 2.17. The number of carbonyl (C=O) groups excluding carboxylic acids is 2. The SMILES string of the molecule is O=C(CNc1ccc(C(=O)NCC2CCCO2)cc1)Nc1cccc(OCC2CCCO2)c1. The maximum Gasteiger partial charge on any atom is 0.251 e. The van der Waals surface area contributed by atoms with Crippen molar-refractivity contribution < 1.29 is 23.8 Å². The first-order valence-corrected chi connectivity index (χ1v) is 11.5. The molecule has 0 aliphatic carbocycles. The van der Waals surface area contributed by atoms with Gasteiger partial charge in [-0.1, -0.05) is 6.07 Å². The average molecular weight is 454 g/mol. The molecule has 2 aliphatic rings. The van der Waals surface area contributed by atoms with Crippen LogP contribution in [0.15, 0.2) is 48.5 Å². The summed E-state index contributed by atoms with van der Waals surface area (Å²) in [5, 5.41) is 8.84. The van der Waals surface area contributed by atoms with Crippen LogP contribution in [0.2, 0.25) is 0 Å². The lowest BCUT2D eigenvalue weighted by atomic mass is 10.2. The van der Waals surface area contributed by atoms with Crippen LogP contribution in [-0.4, -0.2) is 56.9 Å². The monoisotopic (exact) mass is 453 g/mol. The van der Waals surface area contributed by atoms with E-state index < -0.39 is 0 Å². The molecule has 0 radical (unpaired) electrons. The number of nitrogens with one attached hydrogen (secondary N) is 3. The van der Waals surface area contributed by atoms with E-state index in [1.165, 1.54) is 0 Å². The van der Waals surface area contributed by atoms with E-state index in [9.17, 15) is 9.59 Å². The molecule has 8 heteroatoms. The lowest BCUT2D eigenvalue weighted by Gasteiger charge is -2.13. The average Bonchev–Trinajstić information content (AvgIpc) is 3.55. The maximum atomic E-state index is 12.3. The van der Waals surface area contributed by atoms with Crippen LogP contribution in [0.3, 0.4) is 0 Å². The summed E-state index contributed by atoms with van der Waals surface area (Å²) >= 11 is 0. The fourth-order valence-electron chi connectivity index (χ4n) is 3.87. The molecule has 176 valence electrons. The maximum absolute atomic E-state index is 12.3. The molecular formula is C25H31N3O5. The Morgan fingerprint density at radius 1 is 0.939 bits per heavy atom. The predicted octanol–water partition coefficient (Wildman–Crippen LogP) is 3.20. The number of anilines is 2. The molecule has 8 nitrogen and oxygen atoms in total. The molecule has 0 aromatic heterocycles. The number of rotatable bonds is 10. The molecule has 2 heterocycles. The molecule has 2 aliphatic heterocycles. The summed E-state index contributed by atoms with van der Waals surface area (Å²) < 4.78 is 16.9. The lowest BCUT2D eigenvalue weighted by Crippen LogP contribution is -2.31. The highest BCUT2D eigenvalue weighted by atomic mass is 16.5. The molecule has 2 aromatic carbocycles. The zero-order valence-corrected chi connectivity index (χ0v) is 18.7. The third kappa shape index (κ3) is 7.20. The summed E-state index contributed by atoms with van der Waals surface area (Å²) in [5.74, 6) is 0.394. The Bertz CT molecular complexity index is 922. The molecule has 2 unspecified atom stereocenters. The van der Waals surface area contributed by atoms with E-state index in [0.717, 1.165) is 44.6 Å². The minimum Gasteiger partial charge on any atom is -0.491 e. The Hall–Kier alpha value is -3.10. The van der Waals surface area contributed by atoms with Crippen molar-refractivity contribution in [3.63, 3.8) is 0 Å². The van der Waals surface area contributed by atoms with Gasteiger partial charge in [0.1, 0.15) is 12.4 Å². The molecule has 2 amide bonds. The molecule has 4 rings (SSSR count). The zero-order valence-electron chi connectivity index (χ0n) is 18.7. The molecule has 0 bridgehead atoms. The minimum atomic E-state index is -0.176. The molecular weight excluding hydrogens is 422 g/mol. The second kappa shape index (κ2) is 11.7. The first-order valence-electron chi connectivity index (χ1n) is 11.5. The Labute approximate surface area is 194 Å². The topological polar surface area (TPSA) is 97.9 Å². The molecule has 0 saturated carbocycles. The highest BCUT2D eigenvalue weighted by Crippen LogP contribution is 2.20. The van der Waals surface area contributed by atoms with E-state index in [1.807, 2.05) is 18.2 Å². The van der Waals surface area contributed by atoms with Crippen LogP contribution < -0.4 is 20.7 Å². The first-order chi connectivity index (χ1) is 16.2. The molecule has 2 fully saturated rings. The van der Waals surface area contributed by atoms with Gasteiger partial charge in [0.05, 0.1) is 18.8 Å². The van der Waals surface area contributed by atoms with Crippen LogP contribution in [0.5, 0.6) is 5.75 Å². The van der Waals surface area contributed by atoms with E-state index in [0.29, 0.717) is 30.2 Å². The predicted molar refractivity (Wildman–Crippen MR) is 126 cm³/mol. The van der Waals surface area contributed by atoms with Gasteiger partial charge in [-0.3, -0.25) is 9.59 Å². The Balaban J connectivity index is 1.19. The van der Waals surface area contributed by atoms with Crippen molar-refractivity contribution in [3.8, 4) is 5.75 Å². The molecule has 0 spiro atoms. The molecule has 2 aromatic rings. The van der Waals surface area contributed by atoms with Gasteiger partial charge in [0.25, 0.3) is 5.91 Å². The Morgan fingerprint density at radius 2 is 1.70 bits per heavy atom. The van der Waals surface area contributed by atoms with Crippen molar-refractivity contribution in [1.29, 1.82) is 0 Å². The van der Waals surface area contributed by atoms with Gasteiger partial charge in [-0.2, -0.15) is 0 Å². The van der Waals surface area contributed by atoms with E-state index >= 15 is 0 Å². The molecule has 2 atom stereocenters. The summed E-state index contributed by atoms with van der Waals surface area (Å²) in [6.45, 7) is 2.71. The van der Waals surface area contributed by atoms with Crippen molar-refractivity contribution >= 4 is 23.2 Å². The fourth-order valence-corrected chi connectivity index (χ4v) is 3.87. The Kier molecular flexibility index (Phi) is 8.16. The standard InChI is InChI=1S/C25H31N3O5/c29-24(28-20-4-1-5-21(14-20)33-17-23-7-3-13-32-23)16-26-19-10-8-18(9-11-19)25(30)27-15-22-6-2-12-31-22/h1,4-5,8-11,14,22-23,26H,2-3,6-7,12-13,15-17H2,(H,27,30)(H,28,29). The summed E-state index contributed by atoms with van der Waals surface area (Å²) in [6.07, 6.45) is 4.38. The van der Waals surface area contributed by atoms with Gasteiger partial charge in [-0.05, 0) is 62.1 Å². The van der Waals surface area contributed by atoms with E-state index in [4.69, 9.17) is 14.2 Å². The van der Waals surface area contributed by atoms with Crippen LogP contribution in [-0.2, 0) is 14.3 Å². The van der Waals surface area contributed by atoms with Gasteiger partial charge in [-0.25, -0.2) is 0 Å². The normalized spacial score (nSPS) is 19.8. The third-order valence-electron chi connectivity index (χ3n) is 5.69. The quantitative estimate of drug-likeness (QED) is 0.511. The Morgan fingerprint density at radius 3 is 2.42 bits per heavy atom. The minimum absolute atomic E-state index is 0.103. The second-order valence-corrected chi connectivity index (χ2v) is 8.30. The zero-order chi connectivity index (χ0) is 22.9. The van der Waals surface area contributed by atoms with Crippen molar-refractivity contribution in [2.75, 3.05) is 43.5 Å². The third-order valence-corrected chi connectivity index (χ3v) is 5.69. The highest BCUT2D eigenvalue weighted by molar-refractivity contribution is 5.95. The van der Waals surface area contributed by atoms with E-state index in [2.05, 4.69) is 16.0 Å². The van der Waals surface area contributed by atoms with Crippen molar-refractivity contribution in [3.05, 3.63) is 54.1 Å². The van der Waals surface area contributed by atoms with Gasteiger partial charge < -0.3 is 30.2 Å². The van der Waals surface area contributed by atoms with Crippen molar-refractivity contribution in [2.24, 2.45) is 0 Å². The molecule has 2 saturated heterocycles. The summed E-state index contributed by atoms with van der Waals surface area (Å²) in [5.41, 5.74) is 2.00. The fraction of sp³-hybridized carbons (Fsp3) is 0.440. The van der Waals surface area contributed by atoms with Gasteiger partial charge in [0, 0.05) is 42.8 Å². The summed E-state index contributed by atoms with van der Waals surface area (Å²) in [6, 6.07) is 14.4. The first kappa shape index (κ1) is 23.1. The second-order valence-electron chi connectivity index (χ2n) is 8.30. The smallest absolute Gasteiger partial charge is 0.251 e. The van der Waals surface area contributed by atoms with Gasteiger partial charge >= 0.3 is 0 Å².